The van der Waals surface area contributed by atoms with Crippen LogP contribution in [0.1, 0.15) is 17.4 Å². The maximum Gasteiger partial charge on any atom is 0.228 e. The van der Waals surface area contributed by atoms with Gasteiger partial charge in [0.05, 0.1) is 10.6 Å². The topological polar surface area (TPSA) is 56.0 Å². The molecule has 0 aromatic carbocycles. The number of aromatic nitrogens is 2. The average molecular weight is 257 g/mol. The van der Waals surface area contributed by atoms with Gasteiger partial charge in [-0.1, -0.05) is 23.2 Å². The summed E-state index contributed by atoms with van der Waals surface area (Å²) in [4.78, 5) is 18.9. The van der Waals surface area contributed by atoms with E-state index in [1.165, 1.54) is 19.4 Å². The van der Waals surface area contributed by atoms with Gasteiger partial charge < -0.3 is 4.42 Å². The molecule has 4 nitrogen and oxygen atoms in total. The van der Waals surface area contributed by atoms with Gasteiger partial charge in [-0.25, -0.2) is 9.97 Å². The Hall–Kier alpha value is -1.39. The van der Waals surface area contributed by atoms with E-state index < -0.39 is 0 Å². The highest BCUT2D eigenvalue weighted by molar-refractivity contribution is 6.41. The van der Waals surface area contributed by atoms with E-state index in [4.69, 9.17) is 27.6 Å². The van der Waals surface area contributed by atoms with Crippen LogP contribution < -0.4 is 0 Å². The van der Waals surface area contributed by atoms with E-state index in [-0.39, 0.29) is 22.5 Å². The largest absolute Gasteiger partial charge is 0.444 e. The van der Waals surface area contributed by atoms with E-state index in [0.717, 1.165) is 0 Å². The van der Waals surface area contributed by atoms with Crippen LogP contribution >= 0.6 is 23.2 Å². The van der Waals surface area contributed by atoms with Crippen molar-refractivity contribution in [3.8, 4) is 11.5 Å². The Morgan fingerprint density at radius 2 is 2.19 bits per heavy atom. The molecule has 0 bridgehead atoms. The predicted molar refractivity (Wildman–Crippen MR) is 59.8 cm³/mol. The molecule has 0 aliphatic carbocycles. The van der Waals surface area contributed by atoms with Crippen LogP contribution in [0.5, 0.6) is 0 Å². The van der Waals surface area contributed by atoms with Crippen LogP contribution in [0.25, 0.3) is 11.5 Å². The van der Waals surface area contributed by atoms with E-state index >= 15 is 0 Å². The van der Waals surface area contributed by atoms with Crippen molar-refractivity contribution in [1.29, 1.82) is 0 Å². The smallest absolute Gasteiger partial charge is 0.228 e. The summed E-state index contributed by atoms with van der Waals surface area (Å²) in [5.74, 6) is 0.124. The maximum absolute atomic E-state index is 11.0. The number of halogens is 2. The van der Waals surface area contributed by atoms with Crippen LogP contribution in [0.3, 0.4) is 0 Å². The van der Waals surface area contributed by atoms with Crippen LogP contribution in [0.15, 0.2) is 22.9 Å². The first-order valence-corrected chi connectivity index (χ1v) is 5.11. The normalized spacial score (nSPS) is 10.4. The number of Topliss-reactive ketones (excluding diaryl/α,β-unsaturated/α-hetero) is 1. The van der Waals surface area contributed by atoms with Crippen molar-refractivity contribution in [3.05, 3.63) is 34.4 Å². The number of nitrogens with zero attached hydrogens (tertiary/aromatic N) is 2. The van der Waals surface area contributed by atoms with Crippen molar-refractivity contribution in [2.24, 2.45) is 0 Å². The summed E-state index contributed by atoms with van der Waals surface area (Å²) in [6.07, 6.45) is 2.77. The molecule has 0 fully saturated rings. The van der Waals surface area contributed by atoms with Crippen molar-refractivity contribution >= 4 is 29.0 Å². The number of rotatable bonds is 2. The molecule has 2 rings (SSSR count). The Labute approximate surface area is 101 Å². The summed E-state index contributed by atoms with van der Waals surface area (Å²) in [5.41, 5.74) is 0.836. The Balaban J connectivity index is 2.42. The lowest BCUT2D eigenvalue weighted by Gasteiger charge is -1.97. The number of hydrogen-bond acceptors (Lipinski definition) is 4. The van der Waals surface area contributed by atoms with Gasteiger partial charge >= 0.3 is 0 Å². The Kier molecular flexibility index (Phi) is 2.94. The number of carbonyl (C=O) groups is 1. The molecule has 0 saturated carbocycles. The van der Waals surface area contributed by atoms with Crippen molar-refractivity contribution in [2.75, 3.05) is 0 Å². The van der Waals surface area contributed by atoms with Crippen molar-refractivity contribution in [2.45, 2.75) is 6.92 Å². The molecule has 0 amide bonds. The molecule has 16 heavy (non-hydrogen) atoms. The average Bonchev–Trinajstić information content (AvgIpc) is 2.71. The van der Waals surface area contributed by atoms with Crippen molar-refractivity contribution in [3.63, 3.8) is 0 Å². The highest BCUT2D eigenvalue weighted by Gasteiger charge is 2.11. The minimum atomic E-state index is -0.164. The third-order valence-corrected chi connectivity index (χ3v) is 2.59. The minimum absolute atomic E-state index is 0.164. The third kappa shape index (κ3) is 2.08. The fraction of sp³-hybridized carbons (Fsp3) is 0.100. The zero-order chi connectivity index (χ0) is 11.7. The van der Waals surface area contributed by atoms with Crippen molar-refractivity contribution in [1.82, 2.24) is 9.97 Å². The second-order valence-electron chi connectivity index (χ2n) is 3.09. The Bertz CT molecular complexity index is 552. The molecule has 82 valence electrons. The molecule has 6 heteroatoms. The molecule has 0 radical (unpaired) electrons. The number of hydrogen-bond donors (Lipinski definition) is 0. The monoisotopic (exact) mass is 256 g/mol. The van der Waals surface area contributed by atoms with Gasteiger partial charge in [0.25, 0.3) is 0 Å². The molecule has 0 spiro atoms. The Morgan fingerprint density at radius 3 is 2.75 bits per heavy atom. The van der Waals surface area contributed by atoms with Crippen LogP contribution in [-0.4, -0.2) is 15.8 Å². The summed E-state index contributed by atoms with van der Waals surface area (Å²) in [5, 5.41) is 0.519. The van der Waals surface area contributed by atoms with Gasteiger partial charge in [-0.2, -0.15) is 0 Å². The first-order chi connectivity index (χ1) is 7.58. The van der Waals surface area contributed by atoms with Gasteiger partial charge in [0, 0.05) is 13.1 Å². The second-order valence-corrected chi connectivity index (χ2v) is 3.86. The third-order valence-electron chi connectivity index (χ3n) is 1.91. The summed E-state index contributed by atoms with van der Waals surface area (Å²) in [6.45, 7) is 1.41. The molecular weight excluding hydrogens is 251 g/mol. The fourth-order valence-electron chi connectivity index (χ4n) is 1.11. The van der Waals surface area contributed by atoms with Crippen LogP contribution in [-0.2, 0) is 0 Å². The van der Waals surface area contributed by atoms with Crippen LogP contribution in [0, 0.1) is 0 Å². The Morgan fingerprint density at radius 1 is 1.44 bits per heavy atom. The van der Waals surface area contributed by atoms with Crippen molar-refractivity contribution < 1.29 is 9.21 Å². The fourth-order valence-corrected chi connectivity index (χ4v) is 1.38. The van der Waals surface area contributed by atoms with Gasteiger partial charge in [0.1, 0.15) is 17.1 Å². The lowest BCUT2D eigenvalue weighted by Crippen LogP contribution is -1.91. The molecule has 0 N–H and O–H groups in total. The first-order valence-electron chi connectivity index (χ1n) is 4.36. The lowest BCUT2D eigenvalue weighted by atomic mass is 10.3. The second kappa shape index (κ2) is 4.23. The van der Waals surface area contributed by atoms with Gasteiger partial charge in [-0.05, 0) is 6.07 Å². The van der Waals surface area contributed by atoms with Gasteiger partial charge in [0.2, 0.25) is 5.89 Å². The standard InChI is InChI=1S/C10H6Cl2N2O2/c1-5(15)8-4-16-10(14-8)6-2-7(11)9(12)13-3-6/h2-4H,1H3. The number of ketones is 1. The summed E-state index contributed by atoms with van der Waals surface area (Å²) in [6, 6.07) is 1.58. The molecule has 0 unspecified atom stereocenters. The number of oxazole rings is 1. The summed E-state index contributed by atoms with van der Waals surface area (Å²) >= 11 is 11.5. The van der Waals surface area contributed by atoms with E-state index in [9.17, 15) is 4.79 Å². The summed E-state index contributed by atoms with van der Waals surface area (Å²) < 4.78 is 5.13. The highest BCUT2D eigenvalue weighted by atomic mass is 35.5. The van der Waals surface area contributed by atoms with E-state index in [2.05, 4.69) is 9.97 Å². The molecule has 2 heterocycles. The maximum atomic E-state index is 11.0. The van der Waals surface area contributed by atoms with Crippen LogP contribution in [0.2, 0.25) is 10.2 Å². The van der Waals surface area contributed by atoms with E-state index in [0.29, 0.717) is 10.6 Å². The molecule has 0 saturated heterocycles. The van der Waals surface area contributed by atoms with Crippen LogP contribution in [0.4, 0.5) is 0 Å². The number of carbonyl (C=O) groups excluding carboxylic acids is 1. The summed E-state index contributed by atoms with van der Waals surface area (Å²) in [7, 11) is 0. The zero-order valence-electron chi connectivity index (χ0n) is 8.20. The molecule has 2 aromatic rings. The highest BCUT2D eigenvalue weighted by Crippen LogP contribution is 2.25. The molecule has 0 atom stereocenters. The van der Waals surface area contributed by atoms with Gasteiger partial charge in [-0.3, -0.25) is 4.79 Å². The zero-order valence-corrected chi connectivity index (χ0v) is 9.71. The molecule has 0 aliphatic rings. The van der Waals surface area contributed by atoms with E-state index in [1.807, 2.05) is 0 Å². The predicted octanol–water partition coefficient (Wildman–Crippen LogP) is 3.25. The molecule has 0 aliphatic heterocycles. The number of pyridine rings is 1. The van der Waals surface area contributed by atoms with E-state index in [1.54, 1.807) is 6.07 Å². The van der Waals surface area contributed by atoms with Gasteiger partial charge in [0.15, 0.2) is 5.78 Å². The SMILES string of the molecule is CC(=O)c1coc(-c2cnc(Cl)c(Cl)c2)n1. The van der Waals surface area contributed by atoms with Gasteiger partial charge in [-0.15, -0.1) is 0 Å². The first kappa shape index (κ1) is 11.1. The lowest BCUT2D eigenvalue weighted by molar-refractivity contribution is 0.101. The molecular formula is C10H6Cl2N2O2. The molecule has 2 aromatic heterocycles. The minimum Gasteiger partial charge on any atom is -0.444 e. The quantitative estimate of drug-likeness (QED) is 0.612.